The predicted octanol–water partition coefficient (Wildman–Crippen LogP) is 4.90. The maximum atomic E-state index is 6.39. The normalized spacial score (nSPS) is 12.1. The van der Waals surface area contributed by atoms with Crippen LogP contribution in [0.3, 0.4) is 0 Å². The van der Waals surface area contributed by atoms with Gasteiger partial charge >= 0.3 is 0 Å². The molecule has 0 saturated carbocycles. The Morgan fingerprint density at radius 2 is 1.31 bits per heavy atom. The second kappa shape index (κ2) is 5.78. The molecular weight excluding hydrogens is 322 g/mol. The lowest BCUT2D eigenvalue weighted by atomic mass is 10.1. The summed E-state index contributed by atoms with van der Waals surface area (Å²) in [4.78, 5) is 9.23. The van der Waals surface area contributed by atoms with Gasteiger partial charge in [-0.2, -0.15) is 0 Å². The molecule has 0 spiro atoms. The van der Waals surface area contributed by atoms with Crippen molar-refractivity contribution in [3.63, 3.8) is 0 Å². The average Bonchev–Trinajstić information content (AvgIpc) is 3.18. The minimum Gasteiger partial charge on any atom is -0.491 e. The third kappa shape index (κ3) is 2.26. The van der Waals surface area contributed by atoms with E-state index in [2.05, 4.69) is 83.6 Å². The Morgan fingerprint density at radius 3 is 1.85 bits per heavy atom. The molecule has 0 aliphatic rings. The summed E-state index contributed by atoms with van der Waals surface area (Å²) >= 11 is 0. The summed E-state index contributed by atoms with van der Waals surface area (Å²) in [6.45, 7) is 1.53. The van der Waals surface area contributed by atoms with Crippen LogP contribution in [0.1, 0.15) is 0 Å². The highest BCUT2D eigenvalue weighted by Gasteiger charge is 2.17. The molecule has 0 atom stereocenters. The van der Waals surface area contributed by atoms with Crippen molar-refractivity contribution in [2.24, 2.45) is 0 Å². The molecule has 130 valence electrons. The van der Waals surface area contributed by atoms with Crippen molar-refractivity contribution in [2.45, 2.75) is 0 Å². The van der Waals surface area contributed by atoms with E-state index in [1.165, 1.54) is 10.8 Å². The molecule has 0 aliphatic carbocycles. The number of rotatable bonds is 4. The number of hydrogen-bond acceptors (Lipinski definition) is 2. The molecule has 0 bridgehead atoms. The summed E-state index contributed by atoms with van der Waals surface area (Å²) in [5.74, 6) is 0.967. The van der Waals surface area contributed by atoms with Crippen molar-refractivity contribution in [3.05, 3.63) is 54.6 Å². The van der Waals surface area contributed by atoms with E-state index in [0.29, 0.717) is 6.61 Å². The van der Waals surface area contributed by atoms with Crippen LogP contribution in [0.5, 0.6) is 5.75 Å². The van der Waals surface area contributed by atoms with Crippen LogP contribution in [0.4, 0.5) is 0 Å². The topological polar surface area (TPSA) is 44.0 Å². The standard InChI is InChI=1S/C22H21N3O/c1-25(2)11-12-26-22-20-14-7-3-5-9-16(14)23-18(20)13-19-21(22)15-8-4-6-10-17(15)24-19/h3-10,13,23-24H,11-12H2,1-2H3. The number of para-hydroxylation sites is 2. The summed E-state index contributed by atoms with van der Waals surface area (Å²) in [6, 6.07) is 19.0. The summed E-state index contributed by atoms with van der Waals surface area (Å²) in [7, 11) is 4.13. The molecule has 0 amide bonds. The zero-order valence-electron chi connectivity index (χ0n) is 15.0. The number of fused-ring (bicyclic) bond motifs is 6. The first-order valence-corrected chi connectivity index (χ1v) is 8.94. The lowest BCUT2D eigenvalue weighted by Crippen LogP contribution is -2.19. The summed E-state index contributed by atoms with van der Waals surface area (Å²) in [5.41, 5.74) is 4.48. The Bertz CT molecular complexity index is 1160. The van der Waals surface area contributed by atoms with Crippen LogP contribution in [0.2, 0.25) is 0 Å². The molecule has 2 N–H and O–H groups in total. The molecule has 5 rings (SSSR count). The summed E-state index contributed by atoms with van der Waals surface area (Å²) in [6.07, 6.45) is 0. The van der Waals surface area contributed by atoms with Crippen LogP contribution in [0.15, 0.2) is 54.6 Å². The van der Waals surface area contributed by atoms with Gasteiger partial charge in [-0.1, -0.05) is 36.4 Å². The van der Waals surface area contributed by atoms with E-state index in [1.54, 1.807) is 0 Å². The first-order chi connectivity index (χ1) is 12.7. The Labute approximate surface area is 151 Å². The third-order valence-corrected chi connectivity index (χ3v) is 5.00. The van der Waals surface area contributed by atoms with Crippen molar-refractivity contribution < 1.29 is 4.74 Å². The summed E-state index contributed by atoms with van der Waals surface area (Å²) in [5, 5.41) is 4.73. The van der Waals surface area contributed by atoms with Gasteiger partial charge in [0.05, 0.1) is 21.8 Å². The van der Waals surface area contributed by atoms with Crippen LogP contribution < -0.4 is 4.74 Å². The maximum Gasteiger partial charge on any atom is 0.139 e. The number of benzene rings is 3. The first kappa shape index (κ1) is 15.3. The highest BCUT2D eigenvalue weighted by atomic mass is 16.5. The number of nitrogens with zero attached hydrogens (tertiary/aromatic N) is 1. The van der Waals surface area contributed by atoms with Crippen LogP contribution >= 0.6 is 0 Å². The van der Waals surface area contributed by atoms with E-state index in [4.69, 9.17) is 4.74 Å². The van der Waals surface area contributed by atoms with Gasteiger partial charge < -0.3 is 19.6 Å². The van der Waals surface area contributed by atoms with E-state index in [9.17, 15) is 0 Å². The highest BCUT2D eigenvalue weighted by Crippen LogP contribution is 2.42. The van der Waals surface area contributed by atoms with Crippen LogP contribution in [0, 0.1) is 0 Å². The number of H-pyrrole nitrogens is 2. The molecule has 0 radical (unpaired) electrons. The zero-order chi connectivity index (χ0) is 17.7. The van der Waals surface area contributed by atoms with Crippen LogP contribution in [-0.4, -0.2) is 42.1 Å². The summed E-state index contributed by atoms with van der Waals surface area (Å²) < 4.78 is 6.39. The van der Waals surface area contributed by atoms with Crippen molar-refractivity contribution in [1.29, 1.82) is 0 Å². The van der Waals surface area contributed by atoms with Gasteiger partial charge in [-0.05, 0) is 32.3 Å². The fourth-order valence-electron chi connectivity index (χ4n) is 3.78. The largest absolute Gasteiger partial charge is 0.491 e. The monoisotopic (exact) mass is 343 g/mol. The minimum absolute atomic E-state index is 0.653. The van der Waals surface area contributed by atoms with Crippen molar-refractivity contribution in [2.75, 3.05) is 27.2 Å². The van der Waals surface area contributed by atoms with Crippen molar-refractivity contribution in [1.82, 2.24) is 14.9 Å². The predicted molar refractivity (Wildman–Crippen MR) is 109 cm³/mol. The highest BCUT2D eigenvalue weighted by molar-refractivity contribution is 6.22. The van der Waals surface area contributed by atoms with Gasteiger partial charge in [0.1, 0.15) is 12.4 Å². The van der Waals surface area contributed by atoms with E-state index in [0.717, 1.165) is 45.1 Å². The van der Waals surface area contributed by atoms with E-state index in [1.807, 2.05) is 0 Å². The molecular formula is C22H21N3O. The second-order valence-electron chi connectivity index (χ2n) is 7.04. The molecule has 4 heteroatoms. The van der Waals surface area contributed by atoms with Gasteiger partial charge in [0.15, 0.2) is 0 Å². The van der Waals surface area contributed by atoms with Gasteiger partial charge in [0.25, 0.3) is 0 Å². The van der Waals surface area contributed by atoms with Crippen LogP contribution in [-0.2, 0) is 0 Å². The zero-order valence-corrected chi connectivity index (χ0v) is 15.0. The maximum absolute atomic E-state index is 6.39. The number of likely N-dealkylation sites (N-methyl/N-ethyl adjacent to an activating group) is 1. The fraction of sp³-hybridized carbons (Fsp3) is 0.182. The molecule has 2 heterocycles. The Balaban J connectivity index is 1.87. The lowest BCUT2D eigenvalue weighted by molar-refractivity contribution is 0.266. The number of hydrogen-bond donors (Lipinski definition) is 2. The molecule has 0 fully saturated rings. The fourth-order valence-corrected chi connectivity index (χ4v) is 3.78. The van der Waals surface area contributed by atoms with Gasteiger partial charge in [-0.25, -0.2) is 0 Å². The third-order valence-electron chi connectivity index (χ3n) is 5.00. The first-order valence-electron chi connectivity index (χ1n) is 8.94. The molecule has 3 aromatic carbocycles. The van der Waals surface area contributed by atoms with Gasteiger partial charge in [0, 0.05) is 28.4 Å². The molecule has 0 unspecified atom stereocenters. The van der Waals surface area contributed by atoms with E-state index >= 15 is 0 Å². The van der Waals surface area contributed by atoms with Gasteiger partial charge in [0.2, 0.25) is 0 Å². The van der Waals surface area contributed by atoms with Crippen LogP contribution in [0.25, 0.3) is 43.6 Å². The molecule has 2 aromatic heterocycles. The Kier molecular flexibility index (Phi) is 3.40. The number of nitrogens with one attached hydrogen (secondary N) is 2. The lowest BCUT2D eigenvalue weighted by Gasteiger charge is -2.13. The van der Waals surface area contributed by atoms with Gasteiger partial charge in [-0.15, -0.1) is 0 Å². The SMILES string of the molecule is CN(C)CCOc1c2c(cc3[nH]c4ccccc4c13)[nH]c1ccccc12. The quantitative estimate of drug-likeness (QED) is 0.488. The van der Waals surface area contributed by atoms with Crippen molar-refractivity contribution in [3.8, 4) is 5.75 Å². The number of aromatic amines is 2. The van der Waals surface area contributed by atoms with Crippen molar-refractivity contribution >= 4 is 43.6 Å². The van der Waals surface area contributed by atoms with E-state index in [-0.39, 0.29) is 0 Å². The number of ether oxygens (including phenoxy) is 1. The number of aromatic nitrogens is 2. The molecule has 0 saturated heterocycles. The van der Waals surface area contributed by atoms with E-state index < -0.39 is 0 Å². The Morgan fingerprint density at radius 1 is 0.769 bits per heavy atom. The average molecular weight is 343 g/mol. The molecule has 26 heavy (non-hydrogen) atoms. The Hall–Kier alpha value is -2.98. The minimum atomic E-state index is 0.653. The van der Waals surface area contributed by atoms with Gasteiger partial charge in [-0.3, -0.25) is 0 Å². The smallest absolute Gasteiger partial charge is 0.139 e. The molecule has 4 nitrogen and oxygen atoms in total. The molecule has 5 aromatic rings. The molecule has 0 aliphatic heterocycles. The second-order valence-corrected chi connectivity index (χ2v) is 7.04.